The molecule has 2 rings (SSSR count). The predicted octanol–water partition coefficient (Wildman–Crippen LogP) is 2.20. The van der Waals surface area contributed by atoms with E-state index in [0.29, 0.717) is 17.7 Å². The Hall–Kier alpha value is -2.18. The molecule has 21 heavy (non-hydrogen) atoms. The van der Waals surface area contributed by atoms with Crippen LogP contribution < -0.4 is 10.6 Å². The molecular formula is C14H20N4O3. The second-order valence-corrected chi connectivity index (χ2v) is 5.59. The summed E-state index contributed by atoms with van der Waals surface area (Å²) in [4.78, 5) is 26.7. The van der Waals surface area contributed by atoms with E-state index in [-0.39, 0.29) is 17.3 Å². The number of nitro groups is 1. The van der Waals surface area contributed by atoms with Crippen LogP contribution in [0.2, 0.25) is 0 Å². The van der Waals surface area contributed by atoms with Gasteiger partial charge in [-0.2, -0.15) is 0 Å². The minimum atomic E-state index is -0.581. The lowest BCUT2D eigenvalue weighted by Gasteiger charge is -2.19. The van der Waals surface area contributed by atoms with Gasteiger partial charge < -0.3 is 10.6 Å². The van der Waals surface area contributed by atoms with E-state index in [1.807, 2.05) is 0 Å². The number of aromatic nitrogens is 1. The van der Waals surface area contributed by atoms with Crippen LogP contribution in [0.25, 0.3) is 0 Å². The Bertz CT molecular complexity index is 561. The van der Waals surface area contributed by atoms with Gasteiger partial charge in [0.25, 0.3) is 11.6 Å². The molecule has 1 aliphatic rings. The van der Waals surface area contributed by atoms with Crippen molar-refractivity contribution in [1.29, 1.82) is 0 Å². The number of hydrogen-bond donors (Lipinski definition) is 2. The Balaban J connectivity index is 2.23. The second kappa shape index (κ2) is 6.07. The standard InChI is InChI=1S/C14H20N4O3/c1-8-4-5-11(9(8)2)17-14(19)10-6-13(15-3)16-7-12(10)18(20)21/h6-9,11H,4-5H2,1-3H3,(H,15,16)(H,17,19). The molecule has 0 aliphatic heterocycles. The topological polar surface area (TPSA) is 97.2 Å². The van der Waals surface area contributed by atoms with Gasteiger partial charge in [-0.25, -0.2) is 4.98 Å². The van der Waals surface area contributed by atoms with Gasteiger partial charge in [0, 0.05) is 19.2 Å². The Kier molecular flexibility index (Phi) is 4.40. The van der Waals surface area contributed by atoms with Crippen molar-refractivity contribution in [3.8, 4) is 0 Å². The minimum absolute atomic E-state index is 0.0473. The van der Waals surface area contributed by atoms with Crippen LogP contribution in [0.3, 0.4) is 0 Å². The van der Waals surface area contributed by atoms with E-state index in [2.05, 4.69) is 29.5 Å². The van der Waals surface area contributed by atoms with Crippen LogP contribution in [0.4, 0.5) is 11.5 Å². The number of nitrogens with one attached hydrogen (secondary N) is 2. The molecule has 1 saturated carbocycles. The number of carbonyl (C=O) groups is 1. The maximum atomic E-state index is 12.4. The molecule has 0 spiro atoms. The van der Waals surface area contributed by atoms with Gasteiger partial charge in [0.15, 0.2) is 0 Å². The summed E-state index contributed by atoms with van der Waals surface area (Å²) >= 11 is 0. The van der Waals surface area contributed by atoms with Crippen molar-refractivity contribution in [2.45, 2.75) is 32.7 Å². The van der Waals surface area contributed by atoms with Crippen molar-refractivity contribution in [3.63, 3.8) is 0 Å². The van der Waals surface area contributed by atoms with Crippen LogP contribution in [0.1, 0.15) is 37.0 Å². The zero-order valence-electron chi connectivity index (χ0n) is 12.4. The summed E-state index contributed by atoms with van der Waals surface area (Å²) in [5.74, 6) is 0.944. The largest absolute Gasteiger partial charge is 0.373 e. The van der Waals surface area contributed by atoms with Gasteiger partial charge in [-0.05, 0) is 24.7 Å². The van der Waals surface area contributed by atoms with Gasteiger partial charge in [0.05, 0.1) is 4.92 Å². The van der Waals surface area contributed by atoms with Crippen LogP contribution in [-0.2, 0) is 0 Å². The Morgan fingerprint density at radius 1 is 1.43 bits per heavy atom. The fourth-order valence-corrected chi connectivity index (χ4v) is 2.73. The maximum Gasteiger partial charge on any atom is 0.300 e. The summed E-state index contributed by atoms with van der Waals surface area (Å²) in [7, 11) is 1.65. The van der Waals surface area contributed by atoms with Crippen molar-refractivity contribution in [3.05, 3.63) is 27.9 Å². The molecule has 1 heterocycles. The molecule has 7 nitrogen and oxygen atoms in total. The number of nitrogens with zero attached hydrogens (tertiary/aromatic N) is 2. The molecule has 114 valence electrons. The van der Waals surface area contributed by atoms with Gasteiger partial charge in [-0.15, -0.1) is 0 Å². The first-order valence-corrected chi connectivity index (χ1v) is 7.07. The Labute approximate surface area is 123 Å². The predicted molar refractivity (Wildman–Crippen MR) is 79.3 cm³/mol. The minimum Gasteiger partial charge on any atom is -0.373 e. The number of rotatable bonds is 4. The third-order valence-corrected chi connectivity index (χ3v) is 4.36. The van der Waals surface area contributed by atoms with E-state index < -0.39 is 10.8 Å². The van der Waals surface area contributed by atoms with E-state index >= 15 is 0 Å². The molecule has 1 aliphatic carbocycles. The van der Waals surface area contributed by atoms with E-state index in [9.17, 15) is 14.9 Å². The van der Waals surface area contributed by atoms with Crippen LogP contribution in [0.15, 0.2) is 12.3 Å². The van der Waals surface area contributed by atoms with E-state index in [1.54, 1.807) is 7.05 Å². The number of carbonyl (C=O) groups excluding carboxylic acids is 1. The first kappa shape index (κ1) is 15.2. The van der Waals surface area contributed by atoms with Crippen molar-refractivity contribution >= 4 is 17.4 Å². The first-order valence-electron chi connectivity index (χ1n) is 7.07. The highest BCUT2D eigenvalue weighted by atomic mass is 16.6. The molecule has 2 N–H and O–H groups in total. The molecule has 0 saturated heterocycles. The average Bonchev–Trinajstić information content (AvgIpc) is 2.78. The van der Waals surface area contributed by atoms with Gasteiger partial charge in [-0.3, -0.25) is 14.9 Å². The van der Waals surface area contributed by atoms with Crippen LogP contribution in [-0.4, -0.2) is 28.9 Å². The van der Waals surface area contributed by atoms with Crippen LogP contribution >= 0.6 is 0 Å². The van der Waals surface area contributed by atoms with Crippen LogP contribution in [0.5, 0.6) is 0 Å². The summed E-state index contributed by atoms with van der Waals surface area (Å²) in [5, 5.41) is 16.8. The molecule has 1 aromatic heterocycles. The van der Waals surface area contributed by atoms with E-state index in [0.717, 1.165) is 19.0 Å². The molecule has 7 heteroatoms. The van der Waals surface area contributed by atoms with Crippen LogP contribution in [0, 0.1) is 22.0 Å². The van der Waals surface area contributed by atoms with Crippen molar-refractivity contribution in [1.82, 2.24) is 10.3 Å². The maximum absolute atomic E-state index is 12.4. The summed E-state index contributed by atoms with van der Waals surface area (Å²) < 4.78 is 0. The number of pyridine rings is 1. The lowest BCUT2D eigenvalue weighted by Crippen LogP contribution is -2.37. The molecule has 0 radical (unpaired) electrons. The van der Waals surface area contributed by atoms with Gasteiger partial charge in [-0.1, -0.05) is 13.8 Å². The summed E-state index contributed by atoms with van der Waals surface area (Å²) in [6.07, 6.45) is 3.08. The lowest BCUT2D eigenvalue weighted by molar-refractivity contribution is -0.385. The van der Waals surface area contributed by atoms with Gasteiger partial charge >= 0.3 is 0 Å². The molecule has 3 atom stereocenters. The quantitative estimate of drug-likeness (QED) is 0.655. The Morgan fingerprint density at radius 3 is 2.67 bits per heavy atom. The highest BCUT2D eigenvalue weighted by Gasteiger charge is 2.32. The van der Waals surface area contributed by atoms with Crippen molar-refractivity contribution in [2.24, 2.45) is 11.8 Å². The first-order chi connectivity index (χ1) is 9.93. The second-order valence-electron chi connectivity index (χ2n) is 5.59. The van der Waals surface area contributed by atoms with Crippen molar-refractivity contribution < 1.29 is 9.72 Å². The normalized spacial score (nSPS) is 24.6. The molecule has 0 bridgehead atoms. The lowest BCUT2D eigenvalue weighted by atomic mass is 9.97. The summed E-state index contributed by atoms with van der Waals surface area (Å²) in [6, 6.07) is 1.48. The molecule has 1 aromatic rings. The highest BCUT2D eigenvalue weighted by Crippen LogP contribution is 2.31. The zero-order chi connectivity index (χ0) is 15.6. The molecular weight excluding hydrogens is 272 g/mol. The van der Waals surface area contributed by atoms with E-state index in [1.165, 1.54) is 6.07 Å². The molecule has 3 unspecified atom stereocenters. The average molecular weight is 292 g/mol. The highest BCUT2D eigenvalue weighted by molar-refractivity contribution is 5.98. The zero-order valence-corrected chi connectivity index (χ0v) is 12.4. The Morgan fingerprint density at radius 2 is 2.14 bits per heavy atom. The van der Waals surface area contributed by atoms with Gasteiger partial charge in [0.2, 0.25) is 0 Å². The number of amides is 1. The smallest absolute Gasteiger partial charge is 0.300 e. The SMILES string of the molecule is CNc1cc(C(=O)NC2CCC(C)C2C)c([N+](=O)[O-])cn1. The molecule has 0 aromatic carbocycles. The monoisotopic (exact) mass is 292 g/mol. The fraction of sp³-hybridized carbons (Fsp3) is 0.571. The molecule has 1 fully saturated rings. The van der Waals surface area contributed by atoms with E-state index in [4.69, 9.17) is 0 Å². The fourth-order valence-electron chi connectivity index (χ4n) is 2.73. The number of hydrogen-bond acceptors (Lipinski definition) is 5. The summed E-state index contributed by atoms with van der Waals surface area (Å²) in [6.45, 7) is 4.26. The third-order valence-electron chi connectivity index (χ3n) is 4.36. The van der Waals surface area contributed by atoms with Crippen molar-refractivity contribution in [2.75, 3.05) is 12.4 Å². The molecule has 1 amide bonds. The van der Waals surface area contributed by atoms with Gasteiger partial charge in [0.1, 0.15) is 17.6 Å². The number of anilines is 1. The summed E-state index contributed by atoms with van der Waals surface area (Å²) in [5.41, 5.74) is -0.226. The third kappa shape index (κ3) is 3.12.